The Hall–Kier alpha value is -1.27. The molecular weight excluding hydrogens is 253 g/mol. The van der Waals surface area contributed by atoms with E-state index in [0.717, 1.165) is 6.92 Å². The molecule has 4 nitrogen and oxygen atoms in total. The zero-order chi connectivity index (χ0) is 13.5. The Morgan fingerprint density at radius 2 is 2.11 bits per heavy atom. The summed E-state index contributed by atoms with van der Waals surface area (Å²) in [4.78, 5) is 22.6. The number of esters is 2. The van der Waals surface area contributed by atoms with Crippen LogP contribution in [-0.2, 0) is 19.1 Å². The number of alkyl halides is 3. The first kappa shape index (κ1) is 13.2. The van der Waals surface area contributed by atoms with Gasteiger partial charge in [-0.05, 0) is 19.8 Å². The molecule has 18 heavy (non-hydrogen) atoms. The van der Waals surface area contributed by atoms with E-state index < -0.39 is 30.3 Å². The van der Waals surface area contributed by atoms with Gasteiger partial charge in [0.15, 0.2) is 0 Å². The first-order chi connectivity index (χ1) is 8.29. The van der Waals surface area contributed by atoms with E-state index in [9.17, 15) is 22.8 Å². The molecule has 0 spiro atoms. The van der Waals surface area contributed by atoms with E-state index in [1.165, 1.54) is 0 Å². The Labute approximate surface area is 101 Å². The molecule has 2 rings (SSSR count). The standard InChI is InChI=1S/C11H13F3O4/c1-5(11(12,13)14)9(15)17-7-3-2-6-4-8(7)18-10(6)16/h5-8H,2-4H2,1H3. The third kappa shape index (κ3) is 2.44. The molecule has 0 aromatic heterocycles. The summed E-state index contributed by atoms with van der Waals surface area (Å²) < 4.78 is 46.7. The van der Waals surface area contributed by atoms with Crippen molar-refractivity contribution >= 4 is 11.9 Å². The molecule has 2 bridgehead atoms. The lowest BCUT2D eigenvalue weighted by molar-refractivity contribution is -0.201. The van der Waals surface area contributed by atoms with Gasteiger partial charge in [-0.1, -0.05) is 0 Å². The Kier molecular flexibility index (Phi) is 3.25. The van der Waals surface area contributed by atoms with Crippen molar-refractivity contribution in [3.8, 4) is 0 Å². The number of carbonyl (C=O) groups excluding carboxylic acids is 2. The molecule has 1 aliphatic carbocycles. The number of ether oxygens (including phenoxy) is 2. The second-order valence-corrected chi connectivity index (χ2v) is 4.72. The predicted octanol–water partition coefficient (Wildman–Crippen LogP) is 1.82. The fraction of sp³-hybridized carbons (Fsp3) is 0.818. The Morgan fingerprint density at radius 3 is 2.72 bits per heavy atom. The van der Waals surface area contributed by atoms with Gasteiger partial charge >= 0.3 is 18.1 Å². The fourth-order valence-electron chi connectivity index (χ4n) is 2.20. The lowest BCUT2D eigenvalue weighted by Gasteiger charge is -2.27. The summed E-state index contributed by atoms with van der Waals surface area (Å²) in [7, 11) is 0. The van der Waals surface area contributed by atoms with E-state index in [-0.39, 0.29) is 11.9 Å². The highest BCUT2D eigenvalue weighted by atomic mass is 19.4. The van der Waals surface area contributed by atoms with Crippen molar-refractivity contribution in [1.82, 2.24) is 0 Å². The largest absolute Gasteiger partial charge is 0.458 e. The Morgan fingerprint density at radius 1 is 1.44 bits per heavy atom. The summed E-state index contributed by atoms with van der Waals surface area (Å²) in [6, 6.07) is 0. The molecule has 2 fully saturated rings. The maximum Gasteiger partial charge on any atom is 0.401 e. The van der Waals surface area contributed by atoms with Gasteiger partial charge in [0.05, 0.1) is 5.92 Å². The van der Waals surface area contributed by atoms with Crippen molar-refractivity contribution in [2.24, 2.45) is 11.8 Å². The predicted molar refractivity (Wildman–Crippen MR) is 52.3 cm³/mol. The molecule has 4 atom stereocenters. The molecule has 0 aromatic carbocycles. The van der Waals surface area contributed by atoms with Crippen LogP contribution in [0.25, 0.3) is 0 Å². The molecule has 0 N–H and O–H groups in total. The van der Waals surface area contributed by atoms with Gasteiger partial charge in [-0.3, -0.25) is 9.59 Å². The van der Waals surface area contributed by atoms with Gasteiger partial charge in [0.1, 0.15) is 18.1 Å². The van der Waals surface area contributed by atoms with Crippen molar-refractivity contribution in [3.63, 3.8) is 0 Å². The van der Waals surface area contributed by atoms with Crippen LogP contribution >= 0.6 is 0 Å². The summed E-state index contributed by atoms with van der Waals surface area (Å²) in [5.41, 5.74) is 0. The third-order valence-electron chi connectivity index (χ3n) is 3.44. The molecule has 1 heterocycles. The second kappa shape index (κ2) is 4.44. The minimum atomic E-state index is -4.61. The minimum absolute atomic E-state index is 0.190. The fourth-order valence-corrected chi connectivity index (χ4v) is 2.20. The van der Waals surface area contributed by atoms with Crippen LogP contribution in [0, 0.1) is 11.8 Å². The minimum Gasteiger partial charge on any atom is -0.458 e. The van der Waals surface area contributed by atoms with Gasteiger partial charge in [-0.25, -0.2) is 0 Å². The maximum absolute atomic E-state index is 12.3. The number of carbonyl (C=O) groups is 2. The summed E-state index contributed by atoms with van der Waals surface area (Å²) in [5.74, 6) is -4.01. The van der Waals surface area contributed by atoms with Crippen LogP contribution in [0.4, 0.5) is 13.2 Å². The van der Waals surface area contributed by atoms with Crippen molar-refractivity contribution in [3.05, 3.63) is 0 Å². The number of hydrogen-bond donors (Lipinski definition) is 0. The molecule has 7 heteroatoms. The lowest BCUT2D eigenvalue weighted by atomic mass is 9.88. The van der Waals surface area contributed by atoms with E-state index >= 15 is 0 Å². The normalized spacial score (nSPS) is 32.9. The zero-order valence-electron chi connectivity index (χ0n) is 9.70. The molecule has 102 valence electrons. The van der Waals surface area contributed by atoms with Crippen LogP contribution in [-0.4, -0.2) is 30.3 Å². The number of rotatable bonds is 2. The third-order valence-corrected chi connectivity index (χ3v) is 3.44. The second-order valence-electron chi connectivity index (χ2n) is 4.72. The Bertz CT molecular complexity index is 366. The van der Waals surface area contributed by atoms with Gasteiger partial charge in [0.25, 0.3) is 0 Å². The monoisotopic (exact) mass is 266 g/mol. The highest BCUT2D eigenvalue weighted by Crippen LogP contribution is 2.37. The number of hydrogen-bond acceptors (Lipinski definition) is 4. The average Bonchev–Trinajstić information content (AvgIpc) is 2.57. The number of halogens is 3. The van der Waals surface area contributed by atoms with Gasteiger partial charge in [-0.15, -0.1) is 0 Å². The van der Waals surface area contributed by atoms with Gasteiger partial charge in [0, 0.05) is 6.42 Å². The summed E-state index contributed by atoms with van der Waals surface area (Å²) in [6.07, 6.45) is -4.64. The van der Waals surface area contributed by atoms with Crippen LogP contribution in [0.15, 0.2) is 0 Å². The molecule has 1 saturated carbocycles. The van der Waals surface area contributed by atoms with E-state index in [0.29, 0.717) is 19.3 Å². The van der Waals surface area contributed by atoms with Crippen LogP contribution in [0.5, 0.6) is 0 Å². The van der Waals surface area contributed by atoms with E-state index in [1.54, 1.807) is 0 Å². The smallest absolute Gasteiger partial charge is 0.401 e. The van der Waals surface area contributed by atoms with Crippen molar-refractivity contribution < 1.29 is 32.2 Å². The molecule has 1 saturated heterocycles. The quantitative estimate of drug-likeness (QED) is 0.715. The summed E-state index contributed by atoms with van der Waals surface area (Å²) in [5, 5.41) is 0. The van der Waals surface area contributed by atoms with E-state index in [4.69, 9.17) is 9.47 Å². The molecule has 0 aromatic rings. The topological polar surface area (TPSA) is 52.6 Å². The first-order valence-electron chi connectivity index (χ1n) is 5.76. The van der Waals surface area contributed by atoms with Crippen molar-refractivity contribution in [2.75, 3.05) is 0 Å². The van der Waals surface area contributed by atoms with Gasteiger partial charge in [0.2, 0.25) is 0 Å². The SMILES string of the molecule is CC(C(=O)OC1CCC2CC1OC2=O)C(F)(F)F. The van der Waals surface area contributed by atoms with E-state index in [2.05, 4.69) is 0 Å². The molecule has 2 aliphatic rings. The molecule has 4 unspecified atom stereocenters. The molecule has 0 amide bonds. The highest BCUT2D eigenvalue weighted by molar-refractivity contribution is 5.76. The lowest BCUT2D eigenvalue weighted by Crippen LogP contribution is -2.38. The maximum atomic E-state index is 12.3. The van der Waals surface area contributed by atoms with Crippen LogP contribution in [0.2, 0.25) is 0 Å². The molecular formula is C11H13F3O4. The highest BCUT2D eigenvalue weighted by Gasteiger charge is 2.48. The molecule has 1 aliphatic heterocycles. The van der Waals surface area contributed by atoms with Gasteiger partial charge < -0.3 is 9.47 Å². The first-order valence-corrected chi connectivity index (χ1v) is 5.76. The zero-order valence-corrected chi connectivity index (χ0v) is 9.70. The van der Waals surface area contributed by atoms with Crippen LogP contribution in [0.3, 0.4) is 0 Å². The number of fused-ring (bicyclic) bond motifs is 2. The van der Waals surface area contributed by atoms with Crippen molar-refractivity contribution in [2.45, 2.75) is 44.6 Å². The summed E-state index contributed by atoms with van der Waals surface area (Å²) in [6.45, 7) is 0.759. The van der Waals surface area contributed by atoms with E-state index in [1.807, 2.05) is 0 Å². The van der Waals surface area contributed by atoms with Crippen molar-refractivity contribution in [1.29, 1.82) is 0 Å². The molecule has 0 radical (unpaired) electrons. The summed E-state index contributed by atoms with van der Waals surface area (Å²) >= 11 is 0. The van der Waals surface area contributed by atoms with Gasteiger partial charge in [-0.2, -0.15) is 13.2 Å². The van der Waals surface area contributed by atoms with Crippen LogP contribution < -0.4 is 0 Å². The average molecular weight is 266 g/mol. The Balaban J connectivity index is 1.94. The van der Waals surface area contributed by atoms with Crippen LogP contribution in [0.1, 0.15) is 26.2 Å².